The van der Waals surface area contributed by atoms with Crippen LogP contribution in [0, 0.1) is 10.1 Å². The van der Waals surface area contributed by atoms with E-state index in [2.05, 4.69) is 4.98 Å². The molecular weight excluding hydrogens is 248 g/mol. The van der Waals surface area contributed by atoms with Gasteiger partial charge in [0.15, 0.2) is 5.03 Å². The molecule has 0 aliphatic heterocycles. The van der Waals surface area contributed by atoms with Crippen molar-refractivity contribution in [2.75, 3.05) is 7.11 Å². The minimum absolute atomic E-state index is 0.00829. The first-order valence-electron chi connectivity index (χ1n) is 4.52. The molecule has 7 nitrogen and oxygen atoms in total. The number of carboxylic acids is 1. The second-order valence-corrected chi connectivity index (χ2v) is 4.34. The highest BCUT2D eigenvalue weighted by Crippen LogP contribution is 2.31. The van der Waals surface area contributed by atoms with Crippen LogP contribution < -0.4 is 9.84 Å². The number of thioether (sulfide) groups is 1. The van der Waals surface area contributed by atoms with E-state index in [0.717, 1.165) is 11.8 Å². The third kappa shape index (κ3) is 3.31. The van der Waals surface area contributed by atoms with Crippen molar-refractivity contribution in [3.8, 4) is 5.88 Å². The highest BCUT2D eigenvalue weighted by molar-refractivity contribution is 8.00. The van der Waals surface area contributed by atoms with E-state index >= 15 is 0 Å². The first-order valence-corrected chi connectivity index (χ1v) is 5.40. The van der Waals surface area contributed by atoms with Crippen molar-refractivity contribution >= 4 is 23.4 Å². The maximum absolute atomic E-state index is 10.7. The number of hydrogen-bond acceptors (Lipinski definition) is 7. The van der Waals surface area contributed by atoms with Crippen molar-refractivity contribution in [1.82, 2.24) is 4.98 Å². The molecule has 92 valence electrons. The lowest BCUT2D eigenvalue weighted by atomic mass is 10.4. The van der Waals surface area contributed by atoms with E-state index < -0.39 is 16.1 Å². The smallest absolute Gasteiger partial charge is 0.301 e. The van der Waals surface area contributed by atoms with Gasteiger partial charge in [0.05, 0.1) is 18.0 Å². The molecule has 1 rings (SSSR count). The van der Waals surface area contributed by atoms with Crippen molar-refractivity contribution in [3.05, 3.63) is 22.2 Å². The summed E-state index contributed by atoms with van der Waals surface area (Å²) in [6, 6.07) is 2.56. The number of carbonyl (C=O) groups excluding carboxylic acids is 1. The third-order valence-electron chi connectivity index (χ3n) is 1.84. The number of carboxylic acid groups (broad SMARTS) is 1. The van der Waals surface area contributed by atoms with Crippen LogP contribution >= 0.6 is 11.8 Å². The van der Waals surface area contributed by atoms with E-state index in [4.69, 9.17) is 4.74 Å². The van der Waals surface area contributed by atoms with Gasteiger partial charge in [-0.15, -0.1) is 0 Å². The number of methoxy groups -OCH3 is 1. The van der Waals surface area contributed by atoms with Gasteiger partial charge in [0, 0.05) is 17.4 Å². The van der Waals surface area contributed by atoms with Gasteiger partial charge >= 0.3 is 5.69 Å². The molecule has 1 aromatic rings. The fraction of sp³-hybridized carbons (Fsp3) is 0.333. The average Bonchev–Trinajstić information content (AvgIpc) is 2.28. The van der Waals surface area contributed by atoms with Crippen LogP contribution in [0.5, 0.6) is 5.88 Å². The fourth-order valence-corrected chi connectivity index (χ4v) is 1.81. The zero-order valence-corrected chi connectivity index (χ0v) is 9.89. The van der Waals surface area contributed by atoms with Crippen LogP contribution in [-0.4, -0.2) is 28.2 Å². The van der Waals surface area contributed by atoms with E-state index in [9.17, 15) is 20.0 Å². The molecule has 1 heterocycles. The van der Waals surface area contributed by atoms with Gasteiger partial charge in [-0.25, -0.2) is 0 Å². The van der Waals surface area contributed by atoms with Gasteiger partial charge in [-0.1, -0.05) is 11.8 Å². The normalized spacial score (nSPS) is 11.9. The van der Waals surface area contributed by atoms with Crippen LogP contribution in [0.2, 0.25) is 0 Å². The Morgan fingerprint density at radius 1 is 1.59 bits per heavy atom. The number of ether oxygens (including phenoxy) is 1. The van der Waals surface area contributed by atoms with Crippen LogP contribution in [0.4, 0.5) is 5.69 Å². The molecule has 0 unspecified atom stereocenters. The highest BCUT2D eigenvalue weighted by atomic mass is 32.2. The van der Waals surface area contributed by atoms with Crippen molar-refractivity contribution in [2.45, 2.75) is 17.2 Å². The lowest BCUT2D eigenvalue weighted by Crippen LogP contribution is -2.31. The summed E-state index contributed by atoms with van der Waals surface area (Å²) in [6.45, 7) is 1.37. The molecule has 0 bridgehead atoms. The summed E-state index contributed by atoms with van der Waals surface area (Å²) in [5.74, 6) is -1.13. The summed E-state index contributed by atoms with van der Waals surface area (Å²) in [5.41, 5.74) is -0.260. The van der Waals surface area contributed by atoms with E-state index in [1.54, 1.807) is 0 Å². The van der Waals surface area contributed by atoms with Gasteiger partial charge in [-0.05, 0) is 6.92 Å². The summed E-state index contributed by atoms with van der Waals surface area (Å²) in [5, 5.41) is 20.4. The van der Waals surface area contributed by atoms with E-state index in [0.29, 0.717) is 0 Å². The number of nitro groups is 1. The van der Waals surface area contributed by atoms with Crippen LogP contribution in [-0.2, 0) is 4.79 Å². The largest absolute Gasteiger partial charge is 0.549 e. The minimum Gasteiger partial charge on any atom is -0.549 e. The molecular formula is C9H9N2O5S-. The standard InChI is InChI=1S/C9H10N2O5S/c1-5(9(12)13)17-8-6(11(14)15)3-4-7(10-8)16-2/h3-5H,1-2H3,(H,12,13)/p-1/t5-/m1/s1. The average molecular weight is 257 g/mol. The molecule has 17 heavy (non-hydrogen) atoms. The summed E-state index contributed by atoms with van der Waals surface area (Å²) in [4.78, 5) is 24.5. The van der Waals surface area contributed by atoms with E-state index in [1.807, 2.05) is 0 Å². The Kier molecular flexibility index (Phi) is 4.27. The van der Waals surface area contributed by atoms with Gasteiger partial charge in [0.2, 0.25) is 5.88 Å². The Bertz CT molecular complexity index is 451. The lowest BCUT2D eigenvalue weighted by molar-refractivity contribution is -0.388. The second-order valence-electron chi connectivity index (χ2n) is 3.01. The first-order chi connectivity index (χ1) is 7.95. The van der Waals surface area contributed by atoms with Crippen molar-refractivity contribution in [3.63, 3.8) is 0 Å². The highest BCUT2D eigenvalue weighted by Gasteiger charge is 2.19. The predicted molar refractivity (Wildman–Crippen MR) is 57.8 cm³/mol. The summed E-state index contributed by atoms with van der Waals surface area (Å²) in [6.07, 6.45) is 0. The van der Waals surface area contributed by atoms with E-state index in [-0.39, 0.29) is 16.6 Å². The summed E-state index contributed by atoms with van der Waals surface area (Å²) in [7, 11) is 1.37. The van der Waals surface area contributed by atoms with Gasteiger partial charge in [-0.2, -0.15) is 4.98 Å². The Morgan fingerprint density at radius 2 is 2.24 bits per heavy atom. The number of aliphatic carboxylic acids is 1. The van der Waals surface area contributed by atoms with Crippen LogP contribution in [0.3, 0.4) is 0 Å². The Balaban J connectivity index is 3.09. The molecule has 0 aliphatic rings. The molecule has 1 aromatic heterocycles. The molecule has 0 spiro atoms. The quantitative estimate of drug-likeness (QED) is 0.422. The van der Waals surface area contributed by atoms with Crippen LogP contribution in [0.1, 0.15) is 6.92 Å². The monoisotopic (exact) mass is 257 g/mol. The van der Waals surface area contributed by atoms with E-state index in [1.165, 1.54) is 26.2 Å². The Morgan fingerprint density at radius 3 is 2.71 bits per heavy atom. The zero-order valence-electron chi connectivity index (χ0n) is 9.08. The van der Waals surface area contributed by atoms with Gasteiger partial charge in [-0.3, -0.25) is 10.1 Å². The number of pyridine rings is 1. The maximum atomic E-state index is 10.7. The molecule has 0 aliphatic carbocycles. The number of nitrogens with zero attached hydrogens (tertiary/aromatic N) is 2. The zero-order chi connectivity index (χ0) is 13.0. The van der Waals surface area contributed by atoms with Crippen molar-refractivity contribution < 1.29 is 19.6 Å². The predicted octanol–water partition coefficient (Wildman–Crippen LogP) is 0.229. The van der Waals surface area contributed by atoms with Crippen molar-refractivity contribution in [1.29, 1.82) is 0 Å². The number of aromatic nitrogens is 1. The molecule has 0 N–H and O–H groups in total. The molecule has 0 radical (unpaired) electrons. The molecule has 0 aromatic carbocycles. The van der Waals surface area contributed by atoms with Gasteiger partial charge < -0.3 is 14.6 Å². The second kappa shape index (κ2) is 5.48. The molecule has 0 fully saturated rings. The molecule has 0 saturated heterocycles. The topological polar surface area (TPSA) is 105 Å². The maximum Gasteiger partial charge on any atom is 0.301 e. The number of carbonyl (C=O) groups is 1. The van der Waals surface area contributed by atoms with Crippen LogP contribution in [0.15, 0.2) is 17.2 Å². The minimum atomic E-state index is -1.31. The fourth-order valence-electron chi connectivity index (χ4n) is 0.971. The molecule has 0 saturated carbocycles. The number of rotatable bonds is 5. The molecule has 1 atom stereocenters. The third-order valence-corrected chi connectivity index (χ3v) is 2.91. The Labute approximate surface area is 101 Å². The molecule has 0 amide bonds. The first kappa shape index (κ1) is 13.2. The van der Waals surface area contributed by atoms with Crippen LogP contribution in [0.25, 0.3) is 0 Å². The van der Waals surface area contributed by atoms with Crippen molar-refractivity contribution in [2.24, 2.45) is 0 Å². The van der Waals surface area contributed by atoms with Gasteiger partial charge in [0.1, 0.15) is 0 Å². The Hall–Kier alpha value is -1.83. The van der Waals surface area contributed by atoms with Gasteiger partial charge in [0.25, 0.3) is 0 Å². The molecule has 8 heteroatoms. The summed E-state index contributed by atoms with van der Waals surface area (Å²) >= 11 is 0.741. The lowest BCUT2D eigenvalue weighted by Gasteiger charge is -2.11. The SMILES string of the molecule is COc1ccc([N+](=O)[O-])c(S[C@H](C)C(=O)[O-])n1. The summed E-state index contributed by atoms with van der Waals surface area (Å²) < 4.78 is 4.82. The number of hydrogen-bond donors (Lipinski definition) is 0.